The number of nitrogens with zero attached hydrogens (tertiary/aromatic N) is 1. The number of ketones is 1. The summed E-state index contributed by atoms with van der Waals surface area (Å²) in [6, 6.07) is 13.1. The lowest BCUT2D eigenvalue weighted by atomic mass is 9.95. The molecule has 0 spiro atoms. The molecular weight excluding hydrogens is 365 g/mol. The number of rotatable bonds is 7. The summed E-state index contributed by atoms with van der Waals surface area (Å²) >= 11 is 0. The van der Waals surface area contributed by atoms with Crippen LogP contribution < -0.4 is 0 Å². The van der Waals surface area contributed by atoms with E-state index in [0.29, 0.717) is 5.56 Å². The molecule has 2 aromatic carbocycles. The Morgan fingerprint density at radius 3 is 2.39 bits per heavy atom. The molecular formula is C21H20FNO5. The van der Waals surface area contributed by atoms with Crippen LogP contribution in [0.4, 0.5) is 4.39 Å². The number of amides is 1. The van der Waals surface area contributed by atoms with Crippen LogP contribution in [0.3, 0.4) is 0 Å². The standard InChI is InChI=1S/C21H20FNO5/c22-16-9-5-4-8-15(16)18-17(19(25)14-6-2-1-3-7-14)20(26)21(27)23(18)10-12-28-13-11-24/h1-9,18,24-25H,10-13H2/b19-17+. The lowest BCUT2D eigenvalue weighted by molar-refractivity contribution is -0.140. The minimum absolute atomic E-state index is 0.00907. The summed E-state index contributed by atoms with van der Waals surface area (Å²) in [4.78, 5) is 26.5. The molecule has 1 atom stereocenters. The Hall–Kier alpha value is -3.03. The van der Waals surface area contributed by atoms with Gasteiger partial charge in [0.2, 0.25) is 0 Å². The third-order valence-electron chi connectivity index (χ3n) is 4.50. The Morgan fingerprint density at radius 2 is 1.71 bits per heavy atom. The van der Waals surface area contributed by atoms with Gasteiger partial charge >= 0.3 is 0 Å². The fourth-order valence-corrected chi connectivity index (χ4v) is 3.21. The zero-order valence-corrected chi connectivity index (χ0v) is 15.0. The summed E-state index contributed by atoms with van der Waals surface area (Å²) in [5.41, 5.74) is 0.308. The highest BCUT2D eigenvalue weighted by atomic mass is 19.1. The molecule has 3 rings (SSSR count). The van der Waals surface area contributed by atoms with Gasteiger partial charge in [-0.2, -0.15) is 0 Å². The topological polar surface area (TPSA) is 87.1 Å². The van der Waals surface area contributed by atoms with Crippen LogP contribution in [0.1, 0.15) is 17.2 Å². The van der Waals surface area contributed by atoms with Gasteiger partial charge in [-0.25, -0.2) is 4.39 Å². The summed E-state index contributed by atoms with van der Waals surface area (Å²) < 4.78 is 19.7. The molecule has 1 fully saturated rings. The van der Waals surface area contributed by atoms with Gasteiger partial charge in [0.05, 0.1) is 31.4 Å². The molecule has 1 aliphatic rings. The van der Waals surface area contributed by atoms with E-state index >= 15 is 0 Å². The van der Waals surface area contributed by atoms with Crippen molar-refractivity contribution in [3.63, 3.8) is 0 Å². The van der Waals surface area contributed by atoms with Crippen LogP contribution in [0.2, 0.25) is 0 Å². The third kappa shape index (κ3) is 3.81. The van der Waals surface area contributed by atoms with Crippen molar-refractivity contribution < 1.29 is 28.9 Å². The first-order valence-corrected chi connectivity index (χ1v) is 8.83. The number of aliphatic hydroxyl groups excluding tert-OH is 2. The van der Waals surface area contributed by atoms with E-state index < -0.39 is 23.5 Å². The molecule has 0 bridgehead atoms. The number of Topliss-reactive ketones (excluding diaryl/α,β-unsaturated/α-hetero) is 1. The fourth-order valence-electron chi connectivity index (χ4n) is 3.21. The quantitative estimate of drug-likeness (QED) is 0.330. The second-order valence-electron chi connectivity index (χ2n) is 6.22. The minimum atomic E-state index is -1.07. The lowest BCUT2D eigenvalue weighted by Gasteiger charge is -2.25. The Bertz CT molecular complexity index is 897. The molecule has 2 aromatic rings. The third-order valence-corrected chi connectivity index (χ3v) is 4.50. The smallest absolute Gasteiger partial charge is 0.295 e. The normalized spacial score (nSPS) is 18.6. The van der Waals surface area contributed by atoms with Gasteiger partial charge in [0, 0.05) is 17.7 Å². The van der Waals surface area contributed by atoms with Crippen molar-refractivity contribution in [2.45, 2.75) is 6.04 Å². The largest absolute Gasteiger partial charge is 0.507 e. The van der Waals surface area contributed by atoms with Crippen LogP contribution in [-0.4, -0.2) is 53.2 Å². The summed E-state index contributed by atoms with van der Waals surface area (Å²) in [7, 11) is 0. The molecule has 146 valence electrons. The van der Waals surface area contributed by atoms with Gasteiger partial charge in [0.15, 0.2) is 0 Å². The number of benzene rings is 2. The number of hydrogen-bond acceptors (Lipinski definition) is 5. The van der Waals surface area contributed by atoms with Crippen LogP contribution in [-0.2, 0) is 14.3 Å². The SMILES string of the molecule is O=C1C(=O)N(CCOCCO)C(c2ccccc2F)/C1=C(\O)c1ccccc1. The van der Waals surface area contributed by atoms with Gasteiger partial charge in [-0.3, -0.25) is 9.59 Å². The van der Waals surface area contributed by atoms with Crippen molar-refractivity contribution in [3.05, 3.63) is 77.1 Å². The predicted octanol–water partition coefficient (Wildman–Crippen LogP) is 2.26. The Morgan fingerprint density at radius 1 is 1.04 bits per heavy atom. The van der Waals surface area contributed by atoms with Crippen molar-refractivity contribution in [3.8, 4) is 0 Å². The zero-order valence-electron chi connectivity index (χ0n) is 15.0. The maximum atomic E-state index is 14.5. The maximum Gasteiger partial charge on any atom is 0.295 e. The molecule has 1 heterocycles. The van der Waals surface area contributed by atoms with Crippen molar-refractivity contribution >= 4 is 17.4 Å². The van der Waals surface area contributed by atoms with E-state index in [2.05, 4.69) is 0 Å². The second-order valence-corrected chi connectivity index (χ2v) is 6.22. The lowest BCUT2D eigenvalue weighted by Crippen LogP contribution is -2.33. The van der Waals surface area contributed by atoms with Crippen LogP contribution >= 0.6 is 0 Å². The van der Waals surface area contributed by atoms with E-state index in [-0.39, 0.29) is 43.3 Å². The van der Waals surface area contributed by atoms with Crippen LogP contribution in [0.15, 0.2) is 60.2 Å². The highest BCUT2D eigenvalue weighted by Crippen LogP contribution is 2.39. The second kappa shape index (κ2) is 8.77. The number of aliphatic hydroxyl groups is 2. The highest BCUT2D eigenvalue weighted by Gasteiger charge is 2.46. The van der Waals surface area contributed by atoms with Crippen molar-refractivity contribution in [2.75, 3.05) is 26.4 Å². The van der Waals surface area contributed by atoms with Gasteiger partial charge in [-0.1, -0.05) is 48.5 Å². The predicted molar refractivity (Wildman–Crippen MR) is 99.8 cm³/mol. The van der Waals surface area contributed by atoms with Crippen LogP contribution in [0.25, 0.3) is 5.76 Å². The molecule has 1 amide bonds. The van der Waals surface area contributed by atoms with E-state index in [0.717, 1.165) is 0 Å². The molecule has 0 aromatic heterocycles. The average molecular weight is 385 g/mol. The molecule has 1 saturated heterocycles. The van der Waals surface area contributed by atoms with Crippen LogP contribution in [0, 0.1) is 5.82 Å². The van der Waals surface area contributed by atoms with Gasteiger partial charge in [0.1, 0.15) is 11.6 Å². The molecule has 0 saturated carbocycles. The van der Waals surface area contributed by atoms with E-state index in [1.165, 1.54) is 23.1 Å². The first-order chi connectivity index (χ1) is 13.6. The van der Waals surface area contributed by atoms with Crippen LogP contribution in [0.5, 0.6) is 0 Å². The van der Waals surface area contributed by atoms with Crippen molar-refractivity contribution in [1.29, 1.82) is 0 Å². The minimum Gasteiger partial charge on any atom is -0.507 e. The number of likely N-dealkylation sites (tertiary alicyclic amines) is 1. The van der Waals surface area contributed by atoms with Gasteiger partial charge in [-0.15, -0.1) is 0 Å². The molecule has 1 aliphatic heterocycles. The highest BCUT2D eigenvalue weighted by molar-refractivity contribution is 6.46. The number of hydrogen-bond donors (Lipinski definition) is 2. The number of halogens is 1. The first-order valence-electron chi connectivity index (χ1n) is 8.83. The average Bonchev–Trinajstić information content (AvgIpc) is 2.96. The fraction of sp³-hybridized carbons (Fsp3) is 0.238. The van der Waals surface area contributed by atoms with Gasteiger partial charge < -0.3 is 19.8 Å². The summed E-state index contributed by atoms with van der Waals surface area (Å²) in [5, 5.41) is 19.6. The summed E-state index contributed by atoms with van der Waals surface area (Å²) in [5.74, 6) is -2.66. The number of carbonyl (C=O) groups excluding carboxylic acids is 2. The van der Waals surface area contributed by atoms with E-state index in [9.17, 15) is 19.1 Å². The molecule has 6 nitrogen and oxygen atoms in total. The molecule has 7 heteroatoms. The monoisotopic (exact) mass is 385 g/mol. The van der Waals surface area contributed by atoms with Gasteiger partial charge in [-0.05, 0) is 6.07 Å². The van der Waals surface area contributed by atoms with Gasteiger partial charge in [0.25, 0.3) is 11.7 Å². The molecule has 0 radical (unpaired) electrons. The molecule has 0 aliphatic carbocycles. The van der Waals surface area contributed by atoms with Crippen molar-refractivity contribution in [2.24, 2.45) is 0 Å². The Balaban J connectivity index is 2.08. The maximum absolute atomic E-state index is 14.5. The zero-order chi connectivity index (χ0) is 20.1. The van der Waals surface area contributed by atoms with Crippen molar-refractivity contribution in [1.82, 2.24) is 4.90 Å². The number of ether oxygens (including phenoxy) is 1. The first kappa shape index (κ1) is 19.7. The summed E-state index contributed by atoms with van der Waals surface area (Å²) in [6.07, 6.45) is 0. The molecule has 2 N–H and O–H groups in total. The Kier molecular flexibility index (Phi) is 6.18. The Labute approximate surface area is 161 Å². The molecule has 28 heavy (non-hydrogen) atoms. The number of carbonyl (C=O) groups is 2. The molecule has 1 unspecified atom stereocenters. The van der Waals surface area contributed by atoms with E-state index in [4.69, 9.17) is 9.84 Å². The van der Waals surface area contributed by atoms with E-state index in [1.807, 2.05) is 0 Å². The van der Waals surface area contributed by atoms with E-state index in [1.54, 1.807) is 36.4 Å². The summed E-state index contributed by atoms with van der Waals surface area (Å²) in [6.45, 7) is -0.0269.